The Labute approximate surface area is 122 Å². The smallest absolute Gasteiger partial charge is 0.337 e. The fourth-order valence-electron chi connectivity index (χ4n) is 1.20. The lowest BCUT2D eigenvalue weighted by Gasteiger charge is -2.06. The van der Waals surface area contributed by atoms with Crippen molar-refractivity contribution in [3.63, 3.8) is 0 Å². The summed E-state index contributed by atoms with van der Waals surface area (Å²) in [7, 11) is 0. The number of carbonyl (C=O) groups is 1. The molecule has 1 aromatic carbocycles. The number of nitrogens with zero attached hydrogens (tertiary/aromatic N) is 2. The number of nitrogens with one attached hydrogen (secondary N) is 1. The summed E-state index contributed by atoms with van der Waals surface area (Å²) < 4.78 is 3.72. The fraction of sp³-hybridized carbons (Fsp3) is 0. The van der Waals surface area contributed by atoms with Crippen LogP contribution in [-0.4, -0.2) is 10.3 Å². The predicted octanol–water partition coefficient (Wildman–Crippen LogP) is 3.51. The summed E-state index contributed by atoms with van der Waals surface area (Å²) in [6, 6.07) is 8.56. The van der Waals surface area contributed by atoms with Crippen molar-refractivity contribution in [1.29, 1.82) is 5.26 Å². The van der Waals surface area contributed by atoms with Crippen LogP contribution in [0.1, 0.15) is 15.2 Å². The van der Waals surface area contributed by atoms with Gasteiger partial charge in [0, 0.05) is 0 Å². The molecule has 1 heterocycles. The number of halogens is 2. The highest BCUT2D eigenvalue weighted by Crippen LogP contribution is 2.29. The summed E-state index contributed by atoms with van der Waals surface area (Å²) in [6.45, 7) is 0. The number of hydrogen-bond donors (Lipinski definition) is 1. The van der Waals surface area contributed by atoms with Gasteiger partial charge in [-0.3, -0.25) is 0 Å². The van der Waals surface area contributed by atoms with E-state index in [1.807, 2.05) is 6.07 Å². The van der Waals surface area contributed by atoms with Crippen molar-refractivity contribution in [3.05, 3.63) is 44.9 Å². The van der Waals surface area contributed by atoms with Crippen LogP contribution >= 0.6 is 34.7 Å². The normalized spacial score (nSPS) is 9.74. The average molecular weight is 314 g/mol. The summed E-state index contributed by atoms with van der Waals surface area (Å²) in [5.74, 6) is -0.720. The molecule has 96 valence electrons. The maximum absolute atomic E-state index is 11.7. The lowest BCUT2D eigenvalue weighted by atomic mass is 10.2. The first-order valence-corrected chi connectivity index (χ1v) is 6.43. The molecule has 0 aliphatic rings. The molecule has 0 atom stereocenters. The van der Waals surface area contributed by atoms with Crippen molar-refractivity contribution < 1.29 is 9.63 Å². The molecule has 0 unspecified atom stereocenters. The third-order valence-electron chi connectivity index (χ3n) is 2.08. The Morgan fingerprint density at radius 2 is 2.16 bits per heavy atom. The van der Waals surface area contributed by atoms with Crippen LogP contribution in [0.4, 0.5) is 5.69 Å². The van der Waals surface area contributed by atoms with E-state index in [-0.39, 0.29) is 15.1 Å². The van der Waals surface area contributed by atoms with Crippen molar-refractivity contribution >= 4 is 46.4 Å². The summed E-state index contributed by atoms with van der Waals surface area (Å²) in [4.78, 5) is 16.6. The molecule has 0 radical (unpaired) electrons. The highest BCUT2D eigenvalue weighted by atomic mass is 35.5. The van der Waals surface area contributed by atoms with Crippen LogP contribution in [0.3, 0.4) is 0 Å². The lowest BCUT2D eigenvalue weighted by Crippen LogP contribution is -2.10. The number of aromatic nitrogens is 1. The van der Waals surface area contributed by atoms with E-state index in [9.17, 15) is 4.79 Å². The van der Waals surface area contributed by atoms with Crippen molar-refractivity contribution in [2.75, 3.05) is 5.48 Å². The van der Waals surface area contributed by atoms with E-state index >= 15 is 0 Å². The number of para-hydroxylation sites is 1. The number of anilines is 1. The zero-order chi connectivity index (χ0) is 13.8. The summed E-state index contributed by atoms with van der Waals surface area (Å²) in [5.41, 5.74) is 3.13. The van der Waals surface area contributed by atoms with Crippen LogP contribution in [0.25, 0.3) is 0 Å². The molecule has 8 heteroatoms. The van der Waals surface area contributed by atoms with E-state index in [1.54, 1.807) is 24.3 Å². The molecule has 0 saturated carbocycles. The van der Waals surface area contributed by atoms with Gasteiger partial charge in [0.15, 0.2) is 10.0 Å². The SMILES string of the molecule is N#Cc1ccccc1NOC(=O)c1snc(Cl)c1Cl. The second-order valence-corrected chi connectivity index (χ2v) is 4.77. The van der Waals surface area contributed by atoms with Gasteiger partial charge in [-0.15, -0.1) is 0 Å². The van der Waals surface area contributed by atoms with Crippen LogP contribution < -0.4 is 5.48 Å². The first-order chi connectivity index (χ1) is 9.13. The van der Waals surface area contributed by atoms with Crippen LogP contribution in [0, 0.1) is 11.3 Å². The fourth-order valence-corrected chi connectivity index (χ4v) is 2.29. The molecule has 1 N–H and O–H groups in total. The zero-order valence-corrected chi connectivity index (χ0v) is 11.5. The Morgan fingerprint density at radius 3 is 2.79 bits per heavy atom. The van der Waals surface area contributed by atoms with Gasteiger partial charge >= 0.3 is 5.97 Å². The molecule has 0 bridgehead atoms. The second kappa shape index (κ2) is 5.89. The molecule has 5 nitrogen and oxygen atoms in total. The van der Waals surface area contributed by atoms with Gasteiger partial charge < -0.3 is 4.84 Å². The molecular formula is C11H5Cl2N3O2S. The maximum Gasteiger partial charge on any atom is 0.375 e. The standard InChI is InChI=1S/C11H5Cl2N3O2S/c12-8-9(19-16-10(8)13)11(17)18-15-7-4-2-1-3-6(7)5-14/h1-4,15H. The van der Waals surface area contributed by atoms with Crippen LogP contribution in [0.5, 0.6) is 0 Å². The van der Waals surface area contributed by atoms with Crippen LogP contribution in [0.15, 0.2) is 24.3 Å². The van der Waals surface area contributed by atoms with Crippen molar-refractivity contribution in [2.24, 2.45) is 0 Å². The molecule has 0 spiro atoms. The number of carbonyl (C=O) groups excluding carboxylic acids is 1. The van der Waals surface area contributed by atoms with Gasteiger partial charge in [0.2, 0.25) is 0 Å². The van der Waals surface area contributed by atoms with Crippen LogP contribution in [-0.2, 0) is 4.84 Å². The molecule has 2 rings (SSSR count). The Kier molecular flexibility index (Phi) is 4.22. The minimum absolute atomic E-state index is 0.0482. The predicted molar refractivity (Wildman–Crippen MR) is 72.3 cm³/mol. The van der Waals surface area contributed by atoms with E-state index in [0.717, 1.165) is 11.5 Å². The summed E-state index contributed by atoms with van der Waals surface area (Å²) in [5, 5.41) is 8.97. The Bertz CT molecular complexity index is 666. The molecular weight excluding hydrogens is 309 g/mol. The topological polar surface area (TPSA) is 75.0 Å². The average Bonchev–Trinajstić information content (AvgIpc) is 2.77. The molecule has 0 fully saturated rings. The second-order valence-electron chi connectivity index (χ2n) is 3.27. The van der Waals surface area contributed by atoms with E-state index in [1.165, 1.54) is 0 Å². The van der Waals surface area contributed by atoms with Gasteiger partial charge in [-0.2, -0.15) is 9.64 Å². The van der Waals surface area contributed by atoms with Crippen molar-refractivity contribution in [1.82, 2.24) is 4.37 Å². The first-order valence-electron chi connectivity index (χ1n) is 4.90. The monoisotopic (exact) mass is 313 g/mol. The Morgan fingerprint density at radius 1 is 1.42 bits per heavy atom. The quantitative estimate of drug-likeness (QED) is 0.878. The van der Waals surface area contributed by atoms with Gasteiger partial charge in [-0.05, 0) is 23.7 Å². The van der Waals surface area contributed by atoms with Crippen molar-refractivity contribution in [2.45, 2.75) is 0 Å². The molecule has 0 aliphatic carbocycles. The van der Waals surface area contributed by atoms with E-state index in [2.05, 4.69) is 9.85 Å². The highest BCUT2D eigenvalue weighted by molar-refractivity contribution is 7.09. The summed E-state index contributed by atoms with van der Waals surface area (Å²) in [6.07, 6.45) is 0. The molecule has 0 aliphatic heterocycles. The number of benzene rings is 1. The third kappa shape index (κ3) is 2.96. The van der Waals surface area contributed by atoms with Gasteiger partial charge in [-0.25, -0.2) is 10.3 Å². The Balaban J connectivity index is 2.09. The largest absolute Gasteiger partial charge is 0.375 e. The van der Waals surface area contributed by atoms with E-state index in [0.29, 0.717) is 11.3 Å². The van der Waals surface area contributed by atoms with E-state index < -0.39 is 5.97 Å². The van der Waals surface area contributed by atoms with Crippen molar-refractivity contribution in [3.8, 4) is 6.07 Å². The van der Waals surface area contributed by atoms with E-state index in [4.69, 9.17) is 33.3 Å². The number of rotatable bonds is 3. The van der Waals surface area contributed by atoms with Gasteiger partial charge in [0.05, 0.1) is 11.3 Å². The van der Waals surface area contributed by atoms with Crippen LogP contribution in [0.2, 0.25) is 10.2 Å². The molecule has 2 aromatic rings. The first kappa shape index (κ1) is 13.6. The maximum atomic E-state index is 11.7. The number of nitriles is 1. The zero-order valence-electron chi connectivity index (χ0n) is 9.18. The minimum Gasteiger partial charge on any atom is -0.337 e. The summed E-state index contributed by atoms with van der Waals surface area (Å²) >= 11 is 12.2. The van der Waals surface area contributed by atoms with Gasteiger partial charge in [0.1, 0.15) is 11.1 Å². The van der Waals surface area contributed by atoms with Gasteiger partial charge in [-0.1, -0.05) is 35.3 Å². The molecule has 1 aromatic heterocycles. The van der Waals surface area contributed by atoms with Gasteiger partial charge in [0.25, 0.3) is 0 Å². The number of hydrogen-bond acceptors (Lipinski definition) is 6. The Hall–Kier alpha value is -1.81. The molecule has 19 heavy (non-hydrogen) atoms. The molecule has 0 saturated heterocycles. The lowest BCUT2D eigenvalue weighted by molar-refractivity contribution is 0.0602. The highest BCUT2D eigenvalue weighted by Gasteiger charge is 2.19. The molecule has 0 amide bonds. The minimum atomic E-state index is -0.720. The third-order valence-corrected chi connectivity index (χ3v) is 3.86.